The maximum atomic E-state index is 12.0. The van der Waals surface area contributed by atoms with Gasteiger partial charge in [0.15, 0.2) is 0 Å². The number of benzene rings is 1. The standard InChI is InChI=1S/C15H15ClN2OS/c16-14-6-5-13(20-14)15(19)18-9-12-11-4-2-1-3-10(11)7-8-17-12/h1-6,12,17H,7-9H2,(H,18,19). The van der Waals surface area contributed by atoms with Gasteiger partial charge in [-0.05, 0) is 36.2 Å². The van der Waals surface area contributed by atoms with Crippen LogP contribution in [-0.4, -0.2) is 19.0 Å². The quantitative estimate of drug-likeness (QED) is 0.915. The second kappa shape index (κ2) is 5.95. The first-order chi connectivity index (χ1) is 9.74. The number of hydrogen-bond donors (Lipinski definition) is 2. The Kier molecular flexibility index (Phi) is 4.05. The van der Waals surface area contributed by atoms with Gasteiger partial charge in [0.1, 0.15) is 0 Å². The molecule has 0 spiro atoms. The molecule has 2 heterocycles. The summed E-state index contributed by atoms with van der Waals surface area (Å²) in [6, 6.07) is 12.1. The zero-order valence-electron chi connectivity index (χ0n) is 10.9. The lowest BCUT2D eigenvalue weighted by Gasteiger charge is -2.27. The maximum absolute atomic E-state index is 12.0. The highest BCUT2D eigenvalue weighted by atomic mass is 35.5. The molecule has 1 aromatic heterocycles. The average molecular weight is 307 g/mol. The van der Waals surface area contributed by atoms with Crippen molar-refractivity contribution in [3.8, 4) is 0 Å². The van der Waals surface area contributed by atoms with E-state index in [0.717, 1.165) is 13.0 Å². The Balaban J connectivity index is 1.66. The number of rotatable bonds is 3. The number of fused-ring (bicyclic) bond motifs is 1. The van der Waals surface area contributed by atoms with Crippen molar-refractivity contribution in [2.45, 2.75) is 12.5 Å². The Hall–Kier alpha value is -1.36. The number of nitrogens with one attached hydrogen (secondary N) is 2. The first kappa shape index (κ1) is 13.6. The summed E-state index contributed by atoms with van der Waals surface area (Å²) in [5.41, 5.74) is 2.65. The van der Waals surface area contributed by atoms with Crippen molar-refractivity contribution in [3.63, 3.8) is 0 Å². The van der Waals surface area contributed by atoms with Crippen LogP contribution in [0.25, 0.3) is 0 Å². The minimum absolute atomic E-state index is 0.0632. The van der Waals surface area contributed by atoms with Gasteiger partial charge in [0, 0.05) is 12.6 Å². The predicted molar refractivity (Wildman–Crippen MR) is 82.6 cm³/mol. The molecule has 1 aliphatic heterocycles. The van der Waals surface area contributed by atoms with Crippen molar-refractivity contribution in [1.29, 1.82) is 0 Å². The molecule has 5 heteroatoms. The molecule has 104 valence electrons. The summed E-state index contributed by atoms with van der Waals surface area (Å²) in [5, 5.41) is 6.42. The van der Waals surface area contributed by atoms with Gasteiger partial charge in [-0.3, -0.25) is 4.79 Å². The Morgan fingerprint density at radius 2 is 2.20 bits per heavy atom. The van der Waals surface area contributed by atoms with Crippen LogP contribution in [0.5, 0.6) is 0 Å². The van der Waals surface area contributed by atoms with E-state index < -0.39 is 0 Å². The lowest BCUT2D eigenvalue weighted by molar-refractivity contribution is 0.0953. The van der Waals surface area contributed by atoms with E-state index in [2.05, 4.69) is 28.8 Å². The van der Waals surface area contributed by atoms with E-state index in [-0.39, 0.29) is 11.9 Å². The lowest BCUT2D eigenvalue weighted by atomic mass is 9.94. The van der Waals surface area contributed by atoms with Gasteiger partial charge in [-0.1, -0.05) is 35.9 Å². The van der Waals surface area contributed by atoms with Crippen LogP contribution in [0.3, 0.4) is 0 Å². The van der Waals surface area contributed by atoms with E-state index in [1.807, 2.05) is 6.07 Å². The summed E-state index contributed by atoms with van der Waals surface area (Å²) in [6.45, 7) is 1.54. The highest BCUT2D eigenvalue weighted by molar-refractivity contribution is 7.17. The van der Waals surface area contributed by atoms with Gasteiger partial charge in [0.2, 0.25) is 0 Å². The third-order valence-corrected chi connectivity index (χ3v) is 4.71. The maximum Gasteiger partial charge on any atom is 0.261 e. The molecular weight excluding hydrogens is 292 g/mol. The smallest absolute Gasteiger partial charge is 0.261 e. The lowest BCUT2D eigenvalue weighted by Crippen LogP contribution is -2.38. The van der Waals surface area contributed by atoms with Gasteiger partial charge < -0.3 is 10.6 Å². The fraction of sp³-hybridized carbons (Fsp3) is 0.267. The van der Waals surface area contributed by atoms with E-state index in [1.165, 1.54) is 22.5 Å². The molecular formula is C15H15ClN2OS. The summed E-state index contributed by atoms with van der Waals surface area (Å²) in [7, 11) is 0. The van der Waals surface area contributed by atoms with Crippen LogP contribution in [0.1, 0.15) is 26.8 Å². The second-order valence-electron chi connectivity index (χ2n) is 4.77. The van der Waals surface area contributed by atoms with E-state index in [4.69, 9.17) is 11.6 Å². The summed E-state index contributed by atoms with van der Waals surface area (Å²) < 4.78 is 0.635. The van der Waals surface area contributed by atoms with Crippen LogP contribution < -0.4 is 10.6 Å². The molecule has 2 N–H and O–H groups in total. The predicted octanol–water partition coefficient (Wildman–Crippen LogP) is 3.02. The van der Waals surface area contributed by atoms with Crippen molar-refractivity contribution in [2.75, 3.05) is 13.1 Å². The monoisotopic (exact) mass is 306 g/mol. The Morgan fingerprint density at radius 3 is 3.00 bits per heavy atom. The SMILES string of the molecule is O=C(NCC1NCCc2ccccc21)c1ccc(Cl)s1. The van der Waals surface area contributed by atoms with Crippen LogP contribution >= 0.6 is 22.9 Å². The summed E-state index contributed by atoms with van der Waals surface area (Å²) in [4.78, 5) is 12.7. The van der Waals surface area contributed by atoms with Gasteiger partial charge in [0.05, 0.1) is 9.21 Å². The molecule has 3 nitrogen and oxygen atoms in total. The Morgan fingerprint density at radius 1 is 1.35 bits per heavy atom. The molecule has 0 bridgehead atoms. The number of thiophene rings is 1. The number of carbonyl (C=O) groups is 1. The summed E-state index contributed by atoms with van der Waals surface area (Å²) in [5.74, 6) is -0.0632. The number of carbonyl (C=O) groups excluding carboxylic acids is 1. The van der Waals surface area contributed by atoms with Crippen LogP contribution in [0.2, 0.25) is 4.34 Å². The first-order valence-corrected chi connectivity index (χ1v) is 7.78. The van der Waals surface area contributed by atoms with Crippen molar-refractivity contribution in [2.24, 2.45) is 0 Å². The molecule has 20 heavy (non-hydrogen) atoms. The van der Waals surface area contributed by atoms with E-state index >= 15 is 0 Å². The molecule has 1 amide bonds. The molecule has 0 radical (unpaired) electrons. The van der Waals surface area contributed by atoms with Gasteiger partial charge in [-0.15, -0.1) is 11.3 Å². The minimum atomic E-state index is -0.0632. The third-order valence-electron chi connectivity index (χ3n) is 3.48. The second-order valence-corrected chi connectivity index (χ2v) is 6.48. The van der Waals surface area contributed by atoms with Gasteiger partial charge >= 0.3 is 0 Å². The molecule has 1 aliphatic rings. The Labute approximate surface area is 127 Å². The fourth-order valence-corrected chi connectivity index (χ4v) is 3.45. The summed E-state index contributed by atoms with van der Waals surface area (Å²) in [6.07, 6.45) is 1.04. The van der Waals surface area contributed by atoms with E-state index in [9.17, 15) is 4.79 Å². The third kappa shape index (κ3) is 2.87. The number of amides is 1. The normalized spacial score (nSPS) is 17.6. The molecule has 0 fully saturated rings. The first-order valence-electron chi connectivity index (χ1n) is 6.59. The van der Waals surface area contributed by atoms with Gasteiger partial charge in [-0.2, -0.15) is 0 Å². The van der Waals surface area contributed by atoms with Crippen molar-refractivity contribution >= 4 is 28.8 Å². The molecule has 0 aliphatic carbocycles. The topological polar surface area (TPSA) is 41.1 Å². The molecule has 1 atom stereocenters. The van der Waals surface area contributed by atoms with Crippen molar-refractivity contribution in [1.82, 2.24) is 10.6 Å². The van der Waals surface area contributed by atoms with Crippen LogP contribution in [0.15, 0.2) is 36.4 Å². The van der Waals surface area contributed by atoms with E-state index in [1.54, 1.807) is 12.1 Å². The molecule has 3 rings (SSSR count). The average Bonchev–Trinajstić information content (AvgIpc) is 2.91. The molecule has 2 aromatic rings. The largest absolute Gasteiger partial charge is 0.349 e. The number of hydrogen-bond acceptors (Lipinski definition) is 3. The highest BCUT2D eigenvalue weighted by Crippen LogP contribution is 2.23. The molecule has 1 aromatic carbocycles. The van der Waals surface area contributed by atoms with Crippen molar-refractivity contribution in [3.05, 3.63) is 56.7 Å². The number of halogens is 1. The van der Waals surface area contributed by atoms with Crippen molar-refractivity contribution < 1.29 is 4.79 Å². The fourth-order valence-electron chi connectivity index (χ4n) is 2.49. The highest BCUT2D eigenvalue weighted by Gasteiger charge is 2.20. The van der Waals surface area contributed by atoms with Gasteiger partial charge in [0.25, 0.3) is 5.91 Å². The molecule has 0 saturated heterocycles. The zero-order chi connectivity index (χ0) is 13.9. The minimum Gasteiger partial charge on any atom is -0.349 e. The van der Waals surface area contributed by atoms with E-state index in [0.29, 0.717) is 15.8 Å². The molecule has 0 saturated carbocycles. The van der Waals surface area contributed by atoms with Crippen LogP contribution in [0.4, 0.5) is 0 Å². The van der Waals surface area contributed by atoms with Gasteiger partial charge in [-0.25, -0.2) is 0 Å². The zero-order valence-corrected chi connectivity index (χ0v) is 12.4. The Bertz CT molecular complexity index is 626. The summed E-state index contributed by atoms with van der Waals surface area (Å²) >= 11 is 7.15. The van der Waals surface area contributed by atoms with Crippen LogP contribution in [0, 0.1) is 0 Å². The molecule has 1 unspecified atom stereocenters. The van der Waals surface area contributed by atoms with Crippen LogP contribution in [-0.2, 0) is 6.42 Å².